The lowest BCUT2D eigenvalue weighted by molar-refractivity contribution is 0.332. The van der Waals surface area contributed by atoms with Gasteiger partial charge in [-0.3, -0.25) is 0 Å². The van der Waals surface area contributed by atoms with Crippen molar-refractivity contribution in [3.8, 4) is 5.75 Å². The molecule has 0 saturated carbocycles. The minimum atomic E-state index is -0.280. The standard InChI is InChI=1S/C8H8FNO.ClH/c9-5-1-2-6-7(10)4-11-8(6)3-5;/h1-3,7H,4,10H2;1H. The molecule has 0 bridgehead atoms. The summed E-state index contributed by atoms with van der Waals surface area (Å²) in [5, 5.41) is 0. The molecular formula is C8H9ClFNO. The van der Waals surface area contributed by atoms with Crippen LogP contribution in [-0.4, -0.2) is 6.61 Å². The van der Waals surface area contributed by atoms with E-state index in [0.29, 0.717) is 12.4 Å². The third kappa shape index (κ3) is 1.38. The highest BCUT2D eigenvalue weighted by Gasteiger charge is 2.20. The summed E-state index contributed by atoms with van der Waals surface area (Å²) in [6.07, 6.45) is 0. The lowest BCUT2D eigenvalue weighted by Crippen LogP contribution is -2.10. The molecule has 4 heteroatoms. The highest BCUT2D eigenvalue weighted by atomic mass is 35.5. The Hall–Kier alpha value is -0.800. The molecule has 12 heavy (non-hydrogen) atoms. The summed E-state index contributed by atoms with van der Waals surface area (Å²) in [4.78, 5) is 0. The van der Waals surface area contributed by atoms with Gasteiger partial charge < -0.3 is 10.5 Å². The molecule has 1 unspecified atom stereocenters. The Kier molecular flexibility index (Phi) is 2.55. The smallest absolute Gasteiger partial charge is 0.127 e. The van der Waals surface area contributed by atoms with Crippen LogP contribution >= 0.6 is 12.4 Å². The van der Waals surface area contributed by atoms with Crippen molar-refractivity contribution in [3.63, 3.8) is 0 Å². The van der Waals surface area contributed by atoms with Crippen molar-refractivity contribution in [2.45, 2.75) is 6.04 Å². The molecule has 1 aliphatic heterocycles. The molecule has 0 radical (unpaired) electrons. The molecule has 0 saturated heterocycles. The van der Waals surface area contributed by atoms with Gasteiger partial charge in [0.2, 0.25) is 0 Å². The lowest BCUT2D eigenvalue weighted by Gasteiger charge is -1.98. The molecule has 0 aliphatic carbocycles. The molecule has 2 N–H and O–H groups in total. The first-order chi connectivity index (χ1) is 5.27. The number of rotatable bonds is 0. The Labute approximate surface area is 75.9 Å². The highest BCUT2D eigenvalue weighted by Crippen LogP contribution is 2.30. The second-order valence-corrected chi connectivity index (χ2v) is 2.60. The molecule has 0 spiro atoms. The molecule has 1 heterocycles. The van der Waals surface area contributed by atoms with Crippen molar-refractivity contribution in [2.75, 3.05) is 6.61 Å². The zero-order chi connectivity index (χ0) is 7.84. The van der Waals surface area contributed by atoms with E-state index in [0.717, 1.165) is 5.56 Å². The SMILES string of the molecule is Cl.NC1COc2cc(F)ccc21. The monoisotopic (exact) mass is 189 g/mol. The van der Waals surface area contributed by atoms with E-state index in [-0.39, 0.29) is 24.3 Å². The van der Waals surface area contributed by atoms with Gasteiger partial charge in [0.15, 0.2) is 0 Å². The number of fused-ring (bicyclic) bond motifs is 1. The van der Waals surface area contributed by atoms with Gasteiger partial charge in [-0.1, -0.05) is 6.07 Å². The topological polar surface area (TPSA) is 35.2 Å². The average Bonchev–Trinajstić information content (AvgIpc) is 2.32. The summed E-state index contributed by atoms with van der Waals surface area (Å²) in [5.41, 5.74) is 6.54. The molecule has 0 fully saturated rings. The molecule has 0 aromatic heterocycles. The number of hydrogen-bond acceptors (Lipinski definition) is 2. The van der Waals surface area contributed by atoms with Gasteiger partial charge in [0.05, 0.1) is 6.04 Å². The van der Waals surface area contributed by atoms with Crippen LogP contribution in [-0.2, 0) is 0 Å². The molecule has 1 atom stereocenters. The largest absolute Gasteiger partial charge is 0.491 e. The van der Waals surface area contributed by atoms with E-state index in [2.05, 4.69) is 0 Å². The Morgan fingerprint density at radius 2 is 2.25 bits per heavy atom. The van der Waals surface area contributed by atoms with E-state index in [1.165, 1.54) is 12.1 Å². The number of ether oxygens (including phenoxy) is 1. The summed E-state index contributed by atoms with van der Waals surface area (Å²) >= 11 is 0. The Morgan fingerprint density at radius 1 is 1.50 bits per heavy atom. The van der Waals surface area contributed by atoms with Crippen LogP contribution in [0, 0.1) is 5.82 Å². The third-order valence-electron chi connectivity index (χ3n) is 1.79. The molecule has 1 aromatic carbocycles. The zero-order valence-electron chi connectivity index (χ0n) is 6.29. The molecule has 2 nitrogen and oxygen atoms in total. The molecule has 2 rings (SSSR count). The fourth-order valence-electron chi connectivity index (χ4n) is 1.21. The molecule has 0 amide bonds. The van der Waals surface area contributed by atoms with E-state index < -0.39 is 0 Å². The van der Waals surface area contributed by atoms with Gasteiger partial charge in [-0.05, 0) is 6.07 Å². The number of hydrogen-bond donors (Lipinski definition) is 1. The average molecular weight is 190 g/mol. The predicted octanol–water partition coefficient (Wildman–Crippen LogP) is 1.64. The molecule has 66 valence electrons. The maximum Gasteiger partial charge on any atom is 0.127 e. The molecule has 1 aliphatic rings. The van der Waals surface area contributed by atoms with E-state index in [1.54, 1.807) is 6.07 Å². The Morgan fingerprint density at radius 3 is 3.00 bits per heavy atom. The fraction of sp³-hybridized carbons (Fsp3) is 0.250. The molecule has 1 aromatic rings. The number of nitrogens with two attached hydrogens (primary N) is 1. The summed E-state index contributed by atoms with van der Waals surface area (Å²) in [6, 6.07) is 4.34. The van der Waals surface area contributed by atoms with Gasteiger partial charge in [0.25, 0.3) is 0 Å². The van der Waals surface area contributed by atoms with Gasteiger partial charge in [0.1, 0.15) is 18.2 Å². The van der Waals surface area contributed by atoms with Crippen molar-refractivity contribution in [1.29, 1.82) is 0 Å². The first-order valence-corrected chi connectivity index (χ1v) is 3.45. The van der Waals surface area contributed by atoms with E-state index >= 15 is 0 Å². The van der Waals surface area contributed by atoms with Crippen LogP contribution in [0.5, 0.6) is 5.75 Å². The van der Waals surface area contributed by atoms with Crippen LogP contribution in [0.3, 0.4) is 0 Å². The number of benzene rings is 1. The van der Waals surface area contributed by atoms with Crippen LogP contribution in [0.1, 0.15) is 11.6 Å². The zero-order valence-corrected chi connectivity index (χ0v) is 7.10. The summed E-state index contributed by atoms with van der Waals surface area (Å²) in [5.74, 6) is 0.301. The third-order valence-corrected chi connectivity index (χ3v) is 1.79. The predicted molar refractivity (Wildman–Crippen MR) is 46.1 cm³/mol. The second-order valence-electron chi connectivity index (χ2n) is 2.60. The Bertz CT molecular complexity index is 292. The van der Waals surface area contributed by atoms with Crippen LogP contribution in [0.4, 0.5) is 4.39 Å². The Balaban J connectivity index is 0.000000720. The second kappa shape index (κ2) is 3.29. The van der Waals surface area contributed by atoms with E-state index in [4.69, 9.17) is 10.5 Å². The van der Waals surface area contributed by atoms with Gasteiger partial charge in [-0.15, -0.1) is 12.4 Å². The lowest BCUT2D eigenvalue weighted by atomic mass is 10.1. The maximum absolute atomic E-state index is 12.6. The van der Waals surface area contributed by atoms with Crippen LogP contribution in [0.15, 0.2) is 18.2 Å². The van der Waals surface area contributed by atoms with Crippen molar-refractivity contribution in [2.24, 2.45) is 5.73 Å². The van der Waals surface area contributed by atoms with Crippen LogP contribution < -0.4 is 10.5 Å². The highest BCUT2D eigenvalue weighted by molar-refractivity contribution is 5.85. The summed E-state index contributed by atoms with van der Waals surface area (Å²) in [7, 11) is 0. The van der Waals surface area contributed by atoms with E-state index in [9.17, 15) is 4.39 Å². The van der Waals surface area contributed by atoms with Gasteiger partial charge in [0, 0.05) is 11.6 Å². The summed E-state index contributed by atoms with van der Waals surface area (Å²) in [6.45, 7) is 0.457. The first kappa shape index (κ1) is 9.29. The van der Waals surface area contributed by atoms with Gasteiger partial charge >= 0.3 is 0 Å². The minimum absolute atomic E-state index is 0. The van der Waals surface area contributed by atoms with Crippen LogP contribution in [0.25, 0.3) is 0 Å². The first-order valence-electron chi connectivity index (χ1n) is 3.45. The van der Waals surface area contributed by atoms with Crippen molar-refractivity contribution in [3.05, 3.63) is 29.6 Å². The van der Waals surface area contributed by atoms with Crippen molar-refractivity contribution >= 4 is 12.4 Å². The van der Waals surface area contributed by atoms with Crippen molar-refractivity contribution < 1.29 is 9.13 Å². The van der Waals surface area contributed by atoms with Crippen molar-refractivity contribution in [1.82, 2.24) is 0 Å². The summed E-state index contributed by atoms with van der Waals surface area (Å²) < 4.78 is 17.7. The minimum Gasteiger partial charge on any atom is -0.491 e. The molecular weight excluding hydrogens is 181 g/mol. The quantitative estimate of drug-likeness (QED) is 0.674. The van der Waals surface area contributed by atoms with Crippen LogP contribution in [0.2, 0.25) is 0 Å². The number of halogens is 2. The van der Waals surface area contributed by atoms with E-state index in [1.807, 2.05) is 0 Å². The normalized spacial score (nSPS) is 19.3. The van der Waals surface area contributed by atoms with Gasteiger partial charge in [-0.25, -0.2) is 4.39 Å². The fourth-order valence-corrected chi connectivity index (χ4v) is 1.21. The maximum atomic E-state index is 12.6. The van der Waals surface area contributed by atoms with Gasteiger partial charge in [-0.2, -0.15) is 0 Å².